The van der Waals surface area contributed by atoms with E-state index in [9.17, 15) is 0 Å². The molecule has 0 spiro atoms. The molecule has 0 fully saturated rings. The number of aromatic nitrogens is 2. The number of aliphatic hydroxyl groups is 1. The Morgan fingerprint density at radius 3 is 2.60 bits per heavy atom. The van der Waals surface area contributed by atoms with Crippen molar-refractivity contribution in [3.63, 3.8) is 0 Å². The summed E-state index contributed by atoms with van der Waals surface area (Å²) in [4.78, 5) is 8.36. The van der Waals surface area contributed by atoms with Crippen LogP contribution in [0.2, 0.25) is 0 Å². The predicted molar refractivity (Wildman–Crippen MR) is 60.7 cm³/mol. The second kappa shape index (κ2) is 5.07. The molecular formula is C11H19N3O. The summed E-state index contributed by atoms with van der Waals surface area (Å²) in [5.41, 5.74) is 0.968. The van der Waals surface area contributed by atoms with Gasteiger partial charge >= 0.3 is 0 Å². The van der Waals surface area contributed by atoms with Gasteiger partial charge in [-0.1, -0.05) is 13.8 Å². The van der Waals surface area contributed by atoms with Gasteiger partial charge in [0.1, 0.15) is 5.82 Å². The molecule has 2 N–H and O–H groups in total. The summed E-state index contributed by atoms with van der Waals surface area (Å²) in [5.74, 6) is 0.823. The fraction of sp³-hybridized carbons (Fsp3) is 0.636. The molecule has 0 atom stereocenters. The van der Waals surface area contributed by atoms with Crippen LogP contribution in [0.15, 0.2) is 12.4 Å². The number of hydrogen-bond donors (Lipinski definition) is 2. The van der Waals surface area contributed by atoms with Crippen LogP contribution in [0, 0.1) is 12.3 Å². The van der Waals surface area contributed by atoms with Crippen LogP contribution in [0.4, 0.5) is 5.82 Å². The highest BCUT2D eigenvalue weighted by Crippen LogP contribution is 2.20. The summed E-state index contributed by atoms with van der Waals surface area (Å²) in [6.07, 6.45) is 4.13. The molecule has 0 unspecified atom stereocenters. The molecule has 0 aliphatic rings. The number of rotatable bonds is 5. The van der Waals surface area contributed by atoms with E-state index >= 15 is 0 Å². The largest absolute Gasteiger partial charge is 0.396 e. The Balaban J connectivity index is 2.53. The Bertz CT molecular complexity index is 312. The van der Waals surface area contributed by atoms with Crippen molar-refractivity contribution >= 4 is 5.82 Å². The van der Waals surface area contributed by atoms with Gasteiger partial charge in [-0.05, 0) is 18.8 Å². The van der Waals surface area contributed by atoms with Gasteiger partial charge in [-0.3, -0.25) is 4.98 Å². The maximum atomic E-state index is 8.90. The first kappa shape index (κ1) is 11.9. The van der Waals surface area contributed by atoms with E-state index in [1.807, 2.05) is 6.92 Å². The van der Waals surface area contributed by atoms with Crippen molar-refractivity contribution in [2.75, 3.05) is 18.5 Å². The van der Waals surface area contributed by atoms with Gasteiger partial charge in [-0.25, -0.2) is 4.98 Å². The molecule has 4 nitrogen and oxygen atoms in total. The number of anilines is 1. The minimum absolute atomic E-state index is 0.0682. The topological polar surface area (TPSA) is 58.0 Å². The Hall–Kier alpha value is -1.16. The van der Waals surface area contributed by atoms with E-state index in [2.05, 4.69) is 29.1 Å². The average Bonchev–Trinajstić information content (AvgIpc) is 2.16. The Morgan fingerprint density at radius 1 is 1.33 bits per heavy atom. The molecule has 0 aliphatic carbocycles. The highest BCUT2D eigenvalue weighted by Gasteiger charge is 2.17. The minimum atomic E-state index is 0.0682. The van der Waals surface area contributed by atoms with Gasteiger partial charge in [0, 0.05) is 25.5 Å². The summed E-state index contributed by atoms with van der Waals surface area (Å²) in [5, 5.41) is 12.2. The molecule has 15 heavy (non-hydrogen) atoms. The van der Waals surface area contributed by atoms with Crippen LogP contribution in [0.5, 0.6) is 0 Å². The van der Waals surface area contributed by atoms with E-state index in [-0.39, 0.29) is 12.0 Å². The van der Waals surface area contributed by atoms with Crippen LogP contribution < -0.4 is 5.32 Å². The van der Waals surface area contributed by atoms with E-state index in [0.29, 0.717) is 0 Å². The third-order valence-corrected chi connectivity index (χ3v) is 2.40. The maximum absolute atomic E-state index is 8.90. The maximum Gasteiger partial charge on any atom is 0.147 e. The van der Waals surface area contributed by atoms with Crippen molar-refractivity contribution in [3.05, 3.63) is 18.1 Å². The van der Waals surface area contributed by atoms with Crippen LogP contribution in [0.3, 0.4) is 0 Å². The summed E-state index contributed by atoms with van der Waals surface area (Å²) in [7, 11) is 0. The fourth-order valence-electron chi connectivity index (χ4n) is 1.30. The minimum Gasteiger partial charge on any atom is -0.396 e. The lowest BCUT2D eigenvalue weighted by molar-refractivity contribution is 0.220. The van der Waals surface area contributed by atoms with Gasteiger partial charge in [0.2, 0.25) is 0 Å². The Labute approximate surface area is 90.8 Å². The van der Waals surface area contributed by atoms with Crippen LogP contribution in [0.1, 0.15) is 26.0 Å². The summed E-state index contributed by atoms with van der Waals surface area (Å²) < 4.78 is 0. The van der Waals surface area contributed by atoms with Crippen molar-refractivity contribution in [1.82, 2.24) is 9.97 Å². The van der Waals surface area contributed by atoms with Gasteiger partial charge < -0.3 is 10.4 Å². The van der Waals surface area contributed by atoms with Gasteiger partial charge in [0.05, 0.1) is 5.69 Å². The lowest BCUT2D eigenvalue weighted by Gasteiger charge is -2.24. The highest BCUT2D eigenvalue weighted by atomic mass is 16.3. The first-order valence-corrected chi connectivity index (χ1v) is 5.17. The quantitative estimate of drug-likeness (QED) is 0.773. The van der Waals surface area contributed by atoms with Crippen molar-refractivity contribution in [1.29, 1.82) is 0 Å². The van der Waals surface area contributed by atoms with Crippen molar-refractivity contribution in [3.8, 4) is 0 Å². The third-order valence-electron chi connectivity index (χ3n) is 2.40. The standard InChI is InChI=1S/C11H19N3O/c1-9-10(13-6-5-12-9)14-8-11(2,3)4-7-15/h5-6,15H,4,7-8H2,1-3H3,(H,13,14). The third kappa shape index (κ3) is 3.83. The zero-order valence-electron chi connectivity index (χ0n) is 9.62. The van der Waals surface area contributed by atoms with E-state index < -0.39 is 0 Å². The summed E-state index contributed by atoms with van der Waals surface area (Å²) in [6, 6.07) is 0. The van der Waals surface area contributed by atoms with Crippen molar-refractivity contribution in [2.45, 2.75) is 27.2 Å². The van der Waals surface area contributed by atoms with Crippen molar-refractivity contribution in [2.24, 2.45) is 5.41 Å². The molecule has 0 radical (unpaired) electrons. The zero-order chi connectivity index (χ0) is 11.3. The normalized spacial score (nSPS) is 11.5. The first-order valence-electron chi connectivity index (χ1n) is 5.17. The number of aliphatic hydroxyl groups excluding tert-OH is 1. The molecule has 0 bridgehead atoms. The van der Waals surface area contributed by atoms with E-state index in [4.69, 9.17) is 5.11 Å². The second-order valence-electron chi connectivity index (χ2n) is 4.48. The molecule has 0 aromatic carbocycles. The molecule has 0 amide bonds. The number of aryl methyl sites for hydroxylation is 1. The highest BCUT2D eigenvalue weighted by molar-refractivity contribution is 5.38. The molecule has 1 aromatic rings. The molecule has 1 aromatic heterocycles. The van der Waals surface area contributed by atoms with Gasteiger partial charge in [0.25, 0.3) is 0 Å². The molecule has 4 heteroatoms. The zero-order valence-corrected chi connectivity index (χ0v) is 9.62. The molecule has 84 valence electrons. The van der Waals surface area contributed by atoms with E-state index in [0.717, 1.165) is 24.5 Å². The van der Waals surface area contributed by atoms with Crippen LogP contribution >= 0.6 is 0 Å². The predicted octanol–water partition coefficient (Wildman–Crippen LogP) is 1.61. The average molecular weight is 209 g/mol. The Morgan fingerprint density at radius 2 is 2.00 bits per heavy atom. The summed E-state index contributed by atoms with van der Waals surface area (Å²) >= 11 is 0. The number of hydrogen-bond acceptors (Lipinski definition) is 4. The second-order valence-corrected chi connectivity index (χ2v) is 4.48. The molecule has 0 aliphatic heterocycles. The fourth-order valence-corrected chi connectivity index (χ4v) is 1.30. The SMILES string of the molecule is Cc1nccnc1NCC(C)(C)CCO. The molecular weight excluding hydrogens is 190 g/mol. The lowest BCUT2D eigenvalue weighted by atomic mass is 9.90. The summed E-state index contributed by atoms with van der Waals surface area (Å²) in [6.45, 7) is 7.15. The van der Waals surface area contributed by atoms with Crippen molar-refractivity contribution < 1.29 is 5.11 Å². The lowest BCUT2D eigenvalue weighted by Crippen LogP contribution is -2.25. The molecule has 0 saturated heterocycles. The van der Waals surface area contributed by atoms with E-state index in [1.165, 1.54) is 0 Å². The van der Waals surface area contributed by atoms with Crippen LogP contribution in [-0.2, 0) is 0 Å². The Kier molecular flexibility index (Phi) is 4.03. The molecule has 0 saturated carbocycles. The van der Waals surface area contributed by atoms with Gasteiger partial charge in [-0.15, -0.1) is 0 Å². The number of nitrogens with zero attached hydrogens (tertiary/aromatic N) is 2. The van der Waals surface area contributed by atoms with Crippen LogP contribution in [0.25, 0.3) is 0 Å². The number of nitrogens with one attached hydrogen (secondary N) is 1. The first-order chi connectivity index (χ1) is 7.05. The molecule has 1 heterocycles. The van der Waals surface area contributed by atoms with Gasteiger partial charge in [0.15, 0.2) is 0 Å². The monoisotopic (exact) mass is 209 g/mol. The smallest absolute Gasteiger partial charge is 0.147 e. The molecule has 1 rings (SSSR count). The van der Waals surface area contributed by atoms with E-state index in [1.54, 1.807) is 12.4 Å². The van der Waals surface area contributed by atoms with Gasteiger partial charge in [-0.2, -0.15) is 0 Å². The van der Waals surface area contributed by atoms with Crippen LogP contribution in [-0.4, -0.2) is 28.2 Å².